The van der Waals surface area contributed by atoms with Gasteiger partial charge in [0, 0.05) is 0 Å². The van der Waals surface area contributed by atoms with Crippen LogP contribution >= 0.6 is 0 Å². The van der Waals surface area contributed by atoms with Gasteiger partial charge in [0.1, 0.15) is 0 Å². The van der Waals surface area contributed by atoms with Crippen molar-refractivity contribution in [1.29, 1.82) is 0 Å². The second kappa shape index (κ2) is 5.39. The summed E-state index contributed by atoms with van der Waals surface area (Å²) in [6, 6.07) is 9.48. The van der Waals surface area contributed by atoms with E-state index in [1.807, 2.05) is 0 Å². The fourth-order valence-electron chi connectivity index (χ4n) is 1.67. The lowest BCUT2D eigenvalue weighted by Crippen LogP contribution is -1.93. The maximum absolute atomic E-state index is 9.81. The Morgan fingerprint density at radius 2 is 1.32 bits per heavy atom. The maximum atomic E-state index is 9.81. The standard InChI is InChI=1S/C14H14O5/c1-17-11-7-3-6-10(16)14(11)19-12-8-4-5-9(15)13(12)18-2/h3-8,15-16H,1-2H3. The van der Waals surface area contributed by atoms with Gasteiger partial charge in [-0.2, -0.15) is 0 Å². The number of aromatic hydroxyl groups is 2. The summed E-state index contributed by atoms with van der Waals surface area (Å²) in [4.78, 5) is 0. The van der Waals surface area contributed by atoms with Gasteiger partial charge in [-0.05, 0) is 24.3 Å². The molecule has 2 rings (SSSR count). The molecule has 0 radical (unpaired) electrons. The van der Waals surface area contributed by atoms with Crippen LogP contribution in [0.5, 0.6) is 34.5 Å². The van der Waals surface area contributed by atoms with E-state index in [0.717, 1.165) is 0 Å². The van der Waals surface area contributed by atoms with Crippen molar-refractivity contribution >= 4 is 0 Å². The van der Waals surface area contributed by atoms with E-state index < -0.39 is 0 Å². The third-order valence-corrected chi connectivity index (χ3v) is 2.55. The van der Waals surface area contributed by atoms with Crippen molar-refractivity contribution in [3.05, 3.63) is 36.4 Å². The Kier molecular flexibility index (Phi) is 3.66. The first-order valence-electron chi connectivity index (χ1n) is 5.57. The average molecular weight is 262 g/mol. The van der Waals surface area contributed by atoms with Gasteiger partial charge in [-0.15, -0.1) is 0 Å². The third-order valence-electron chi connectivity index (χ3n) is 2.55. The summed E-state index contributed by atoms with van der Waals surface area (Å²) in [6.45, 7) is 0. The molecule has 0 atom stereocenters. The number of hydrogen-bond acceptors (Lipinski definition) is 5. The van der Waals surface area contributed by atoms with E-state index in [-0.39, 0.29) is 28.7 Å². The molecule has 0 unspecified atom stereocenters. The maximum Gasteiger partial charge on any atom is 0.210 e. The lowest BCUT2D eigenvalue weighted by atomic mass is 10.2. The average Bonchev–Trinajstić information content (AvgIpc) is 2.41. The van der Waals surface area contributed by atoms with Gasteiger partial charge < -0.3 is 24.4 Å². The molecule has 0 aliphatic rings. The Morgan fingerprint density at radius 3 is 1.89 bits per heavy atom. The zero-order valence-electron chi connectivity index (χ0n) is 10.6. The SMILES string of the molecule is COc1cccc(O)c1Oc1cccc(O)c1OC. The molecule has 0 saturated carbocycles. The molecule has 19 heavy (non-hydrogen) atoms. The van der Waals surface area contributed by atoms with Gasteiger partial charge in [-0.1, -0.05) is 12.1 Å². The van der Waals surface area contributed by atoms with Gasteiger partial charge in [0.25, 0.3) is 0 Å². The summed E-state index contributed by atoms with van der Waals surface area (Å²) in [7, 11) is 2.89. The Labute approximate surface area is 110 Å². The first kappa shape index (κ1) is 12.9. The summed E-state index contributed by atoms with van der Waals surface area (Å²) in [5.41, 5.74) is 0. The van der Waals surface area contributed by atoms with Crippen LogP contribution in [0.25, 0.3) is 0 Å². The monoisotopic (exact) mass is 262 g/mol. The van der Waals surface area contributed by atoms with Crippen molar-refractivity contribution in [2.24, 2.45) is 0 Å². The molecule has 0 spiro atoms. The van der Waals surface area contributed by atoms with Crippen LogP contribution in [0.4, 0.5) is 0 Å². The second-order valence-electron chi connectivity index (χ2n) is 3.72. The number of para-hydroxylation sites is 2. The van der Waals surface area contributed by atoms with Crippen LogP contribution in [0.3, 0.4) is 0 Å². The van der Waals surface area contributed by atoms with Crippen LogP contribution in [0, 0.1) is 0 Å². The molecule has 0 aromatic heterocycles. The highest BCUT2D eigenvalue weighted by Crippen LogP contribution is 2.44. The Balaban J connectivity index is 2.45. The lowest BCUT2D eigenvalue weighted by Gasteiger charge is -2.14. The van der Waals surface area contributed by atoms with Gasteiger partial charge >= 0.3 is 0 Å². The van der Waals surface area contributed by atoms with Crippen LogP contribution in [0.1, 0.15) is 0 Å². The summed E-state index contributed by atoms with van der Waals surface area (Å²) < 4.78 is 15.8. The number of ether oxygens (including phenoxy) is 3. The van der Waals surface area contributed by atoms with Crippen molar-refractivity contribution in [1.82, 2.24) is 0 Å². The smallest absolute Gasteiger partial charge is 0.210 e. The highest BCUT2D eigenvalue weighted by Gasteiger charge is 2.15. The minimum Gasteiger partial charge on any atom is -0.504 e. The van der Waals surface area contributed by atoms with Gasteiger partial charge in [0.05, 0.1) is 14.2 Å². The number of benzene rings is 2. The van der Waals surface area contributed by atoms with Crippen LogP contribution in [0.2, 0.25) is 0 Å². The van der Waals surface area contributed by atoms with Crippen molar-refractivity contribution in [2.75, 3.05) is 14.2 Å². The molecule has 0 saturated heterocycles. The minimum absolute atomic E-state index is 0.0469. The molecule has 0 heterocycles. The predicted octanol–water partition coefficient (Wildman–Crippen LogP) is 2.91. The molecule has 5 heteroatoms. The number of methoxy groups -OCH3 is 2. The highest BCUT2D eigenvalue weighted by atomic mass is 16.5. The van der Waals surface area contributed by atoms with Gasteiger partial charge in [0.2, 0.25) is 11.5 Å². The van der Waals surface area contributed by atoms with E-state index in [1.54, 1.807) is 24.3 Å². The Morgan fingerprint density at radius 1 is 0.737 bits per heavy atom. The van der Waals surface area contributed by atoms with Gasteiger partial charge in [-0.25, -0.2) is 0 Å². The summed E-state index contributed by atoms with van der Waals surface area (Å²) in [5, 5.41) is 19.5. The summed E-state index contributed by atoms with van der Waals surface area (Å²) in [5.74, 6) is 0.897. The van der Waals surface area contributed by atoms with Crippen LogP contribution in [-0.4, -0.2) is 24.4 Å². The Hall–Kier alpha value is -2.56. The largest absolute Gasteiger partial charge is 0.504 e. The van der Waals surface area contributed by atoms with E-state index in [0.29, 0.717) is 5.75 Å². The summed E-state index contributed by atoms with van der Waals surface area (Å²) in [6.07, 6.45) is 0. The molecular formula is C14H14O5. The van der Waals surface area contributed by atoms with Gasteiger partial charge in [-0.3, -0.25) is 0 Å². The van der Waals surface area contributed by atoms with Crippen LogP contribution in [0.15, 0.2) is 36.4 Å². The molecule has 2 N–H and O–H groups in total. The number of phenols is 2. The quantitative estimate of drug-likeness (QED) is 0.886. The van der Waals surface area contributed by atoms with Crippen molar-refractivity contribution in [2.45, 2.75) is 0 Å². The normalized spacial score (nSPS) is 10.0. The molecule has 0 aliphatic heterocycles. The minimum atomic E-state index is -0.0651. The molecule has 2 aromatic carbocycles. The van der Waals surface area contributed by atoms with Crippen LogP contribution in [-0.2, 0) is 0 Å². The van der Waals surface area contributed by atoms with Crippen molar-refractivity contribution < 1.29 is 24.4 Å². The van der Waals surface area contributed by atoms with E-state index in [2.05, 4.69) is 0 Å². The van der Waals surface area contributed by atoms with E-state index in [4.69, 9.17) is 14.2 Å². The highest BCUT2D eigenvalue weighted by molar-refractivity contribution is 5.56. The second-order valence-corrected chi connectivity index (χ2v) is 3.72. The lowest BCUT2D eigenvalue weighted by molar-refractivity contribution is 0.328. The van der Waals surface area contributed by atoms with E-state index in [9.17, 15) is 10.2 Å². The first-order chi connectivity index (χ1) is 9.17. The molecule has 0 aliphatic carbocycles. The van der Waals surface area contributed by atoms with Crippen molar-refractivity contribution in [3.63, 3.8) is 0 Å². The molecule has 0 amide bonds. The Bertz CT molecular complexity index is 580. The van der Waals surface area contributed by atoms with E-state index in [1.165, 1.54) is 26.4 Å². The molecule has 2 aromatic rings. The molecule has 0 bridgehead atoms. The van der Waals surface area contributed by atoms with E-state index >= 15 is 0 Å². The molecular weight excluding hydrogens is 248 g/mol. The van der Waals surface area contributed by atoms with Crippen LogP contribution < -0.4 is 14.2 Å². The third kappa shape index (κ3) is 2.49. The number of rotatable bonds is 4. The van der Waals surface area contributed by atoms with Crippen molar-refractivity contribution in [3.8, 4) is 34.5 Å². The number of hydrogen-bond donors (Lipinski definition) is 2. The summed E-state index contributed by atoms with van der Waals surface area (Å²) >= 11 is 0. The molecule has 0 fully saturated rings. The fourth-order valence-corrected chi connectivity index (χ4v) is 1.67. The zero-order chi connectivity index (χ0) is 13.8. The predicted molar refractivity (Wildman–Crippen MR) is 69.4 cm³/mol. The topological polar surface area (TPSA) is 68.2 Å². The zero-order valence-corrected chi connectivity index (χ0v) is 10.6. The number of phenolic OH excluding ortho intramolecular Hbond substituents is 2. The molecule has 5 nitrogen and oxygen atoms in total. The van der Waals surface area contributed by atoms with Gasteiger partial charge in [0.15, 0.2) is 23.0 Å². The first-order valence-corrected chi connectivity index (χ1v) is 5.57. The fraction of sp³-hybridized carbons (Fsp3) is 0.143. The molecule has 100 valence electrons.